The summed E-state index contributed by atoms with van der Waals surface area (Å²) in [5.74, 6) is -1.54. The Morgan fingerprint density at radius 1 is 1.62 bits per heavy atom. The molecule has 0 radical (unpaired) electrons. The first-order chi connectivity index (χ1) is 7.45. The molecule has 0 saturated heterocycles. The topological polar surface area (TPSA) is 75.8 Å². The highest BCUT2D eigenvalue weighted by Gasteiger charge is 2.13. The van der Waals surface area contributed by atoms with E-state index < -0.39 is 11.8 Å². The summed E-state index contributed by atoms with van der Waals surface area (Å²) in [7, 11) is 2.88. The second-order valence-corrected chi connectivity index (χ2v) is 3.30. The van der Waals surface area contributed by atoms with Crippen LogP contribution in [0.15, 0.2) is 12.1 Å². The second kappa shape index (κ2) is 4.69. The molecule has 0 heterocycles. The normalized spacial score (nSPS) is 9.94. The monoisotopic (exact) mass is 228 g/mol. The molecule has 0 aliphatic heterocycles. The molecule has 1 aromatic rings. The Balaban J connectivity index is 3.08. The third-order valence-electron chi connectivity index (χ3n) is 2.08. The van der Waals surface area contributed by atoms with Crippen molar-refractivity contribution in [3.63, 3.8) is 0 Å². The van der Waals surface area contributed by atoms with E-state index >= 15 is 0 Å². The van der Waals surface area contributed by atoms with Crippen LogP contribution < -0.4 is 15.4 Å². The van der Waals surface area contributed by atoms with Gasteiger partial charge in [-0.25, -0.2) is 4.39 Å². The zero-order valence-electron chi connectivity index (χ0n) is 9.03. The van der Waals surface area contributed by atoms with Crippen LogP contribution in [0.2, 0.25) is 0 Å². The lowest BCUT2D eigenvalue weighted by Crippen LogP contribution is -2.26. The summed E-state index contributed by atoms with van der Waals surface area (Å²) in [6.07, 6.45) is 0. The molecule has 0 bridgehead atoms. The summed E-state index contributed by atoms with van der Waals surface area (Å²) in [4.78, 5) is 11.9. The fourth-order valence-corrected chi connectivity index (χ4v) is 1.33. The van der Waals surface area contributed by atoms with Gasteiger partial charge in [0.1, 0.15) is 6.54 Å². The molecule has 0 atom stereocenters. The largest absolute Gasteiger partial charge is 0.494 e. The molecule has 3 N–H and O–H groups in total. The summed E-state index contributed by atoms with van der Waals surface area (Å²) in [5.41, 5.74) is 6.18. The number of nitrogens with zero attached hydrogens (tertiary/aromatic N) is 1. The van der Waals surface area contributed by atoms with Gasteiger partial charge in [0.05, 0.1) is 18.5 Å². The molecule has 1 aromatic carbocycles. The van der Waals surface area contributed by atoms with Crippen molar-refractivity contribution < 1.29 is 19.0 Å². The summed E-state index contributed by atoms with van der Waals surface area (Å²) in [6.45, 7) is -0.223. The van der Waals surface area contributed by atoms with Crippen LogP contribution >= 0.6 is 0 Å². The summed E-state index contributed by atoms with van der Waals surface area (Å²) >= 11 is 0. The lowest BCUT2D eigenvalue weighted by Gasteiger charge is -2.19. The molecule has 1 rings (SSSR count). The number of methoxy groups -OCH3 is 1. The summed E-state index contributed by atoms with van der Waals surface area (Å²) in [5, 5.41) is 8.63. The van der Waals surface area contributed by atoms with Crippen LogP contribution in [0, 0.1) is 5.82 Å². The molecule has 0 fully saturated rings. The molecule has 0 aliphatic carbocycles. The number of aliphatic carboxylic acids is 1. The number of hydrogen-bond donors (Lipinski definition) is 2. The van der Waals surface area contributed by atoms with Crippen LogP contribution in [0.25, 0.3) is 0 Å². The Bertz CT molecular complexity index is 409. The molecular weight excluding hydrogens is 215 g/mol. The highest BCUT2D eigenvalue weighted by Crippen LogP contribution is 2.30. The van der Waals surface area contributed by atoms with E-state index in [9.17, 15) is 9.18 Å². The molecule has 0 aromatic heterocycles. The fraction of sp³-hybridized carbons (Fsp3) is 0.300. The lowest BCUT2D eigenvalue weighted by atomic mass is 10.2. The van der Waals surface area contributed by atoms with E-state index in [2.05, 4.69) is 0 Å². The fourth-order valence-electron chi connectivity index (χ4n) is 1.33. The van der Waals surface area contributed by atoms with Gasteiger partial charge in [-0.1, -0.05) is 0 Å². The number of likely N-dealkylation sites (N-methyl/N-ethyl adjacent to an activating group) is 1. The van der Waals surface area contributed by atoms with Crippen LogP contribution in [-0.4, -0.2) is 31.8 Å². The zero-order valence-corrected chi connectivity index (χ0v) is 9.03. The van der Waals surface area contributed by atoms with Gasteiger partial charge in [0, 0.05) is 19.2 Å². The van der Waals surface area contributed by atoms with Gasteiger partial charge in [-0.15, -0.1) is 0 Å². The Morgan fingerprint density at radius 3 is 2.75 bits per heavy atom. The summed E-state index contributed by atoms with van der Waals surface area (Å²) in [6, 6.07) is 2.47. The van der Waals surface area contributed by atoms with Crippen molar-refractivity contribution in [1.82, 2.24) is 0 Å². The van der Waals surface area contributed by atoms with E-state index in [1.807, 2.05) is 0 Å². The predicted molar refractivity (Wildman–Crippen MR) is 58.3 cm³/mol. The van der Waals surface area contributed by atoms with Gasteiger partial charge in [-0.05, 0) is 0 Å². The predicted octanol–water partition coefficient (Wildman–Crippen LogP) is 0.937. The van der Waals surface area contributed by atoms with E-state index in [0.29, 0.717) is 5.69 Å². The van der Waals surface area contributed by atoms with Gasteiger partial charge in [-0.3, -0.25) is 4.79 Å². The van der Waals surface area contributed by atoms with Gasteiger partial charge in [0.25, 0.3) is 0 Å². The number of rotatable bonds is 4. The molecule has 0 saturated carbocycles. The number of carboxylic acids is 1. The first kappa shape index (κ1) is 12.1. The standard InChI is InChI=1S/C10H13FN2O3/c1-13(5-10(14)15)8-4-9(16-2)6(11)3-7(8)12/h3-4H,5,12H2,1-2H3,(H,14,15). The molecule has 16 heavy (non-hydrogen) atoms. The summed E-state index contributed by atoms with van der Waals surface area (Å²) < 4.78 is 18.0. The van der Waals surface area contributed by atoms with Crippen LogP contribution in [0.3, 0.4) is 0 Å². The smallest absolute Gasteiger partial charge is 0.323 e. The van der Waals surface area contributed by atoms with Crippen molar-refractivity contribution in [2.75, 3.05) is 31.3 Å². The van der Waals surface area contributed by atoms with E-state index in [4.69, 9.17) is 15.6 Å². The molecule has 6 heteroatoms. The zero-order chi connectivity index (χ0) is 12.3. The second-order valence-electron chi connectivity index (χ2n) is 3.30. The molecule has 88 valence electrons. The van der Waals surface area contributed by atoms with E-state index in [1.165, 1.54) is 18.1 Å². The van der Waals surface area contributed by atoms with Crippen LogP contribution in [0.4, 0.5) is 15.8 Å². The maximum Gasteiger partial charge on any atom is 0.323 e. The molecule has 0 unspecified atom stereocenters. The Kier molecular flexibility index (Phi) is 3.55. The number of halogens is 1. The van der Waals surface area contributed by atoms with Gasteiger partial charge in [-0.2, -0.15) is 0 Å². The number of anilines is 2. The quantitative estimate of drug-likeness (QED) is 0.750. The van der Waals surface area contributed by atoms with Crippen molar-refractivity contribution in [1.29, 1.82) is 0 Å². The number of nitrogens with two attached hydrogens (primary N) is 1. The van der Waals surface area contributed by atoms with E-state index in [1.54, 1.807) is 7.05 Å². The van der Waals surface area contributed by atoms with Crippen LogP contribution in [0.1, 0.15) is 0 Å². The number of carboxylic acid groups (broad SMARTS) is 1. The van der Waals surface area contributed by atoms with Crippen molar-refractivity contribution in [2.45, 2.75) is 0 Å². The number of hydrogen-bond acceptors (Lipinski definition) is 4. The van der Waals surface area contributed by atoms with Gasteiger partial charge in [0.15, 0.2) is 11.6 Å². The third kappa shape index (κ3) is 2.53. The number of benzene rings is 1. The van der Waals surface area contributed by atoms with Crippen molar-refractivity contribution in [3.05, 3.63) is 17.9 Å². The molecule has 5 nitrogen and oxygen atoms in total. The van der Waals surface area contributed by atoms with Crippen molar-refractivity contribution >= 4 is 17.3 Å². The minimum Gasteiger partial charge on any atom is -0.494 e. The Labute approximate surface area is 92.2 Å². The molecule has 0 amide bonds. The minimum absolute atomic E-state index is 0.0291. The van der Waals surface area contributed by atoms with E-state index in [0.717, 1.165) is 6.07 Å². The average molecular weight is 228 g/mol. The molecule has 0 aliphatic rings. The first-order valence-corrected chi connectivity index (χ1v) is 4.51. The number of ether oxygens (including phenoxy) is 1. The highest BCUT2D eigenvalue weighted by atomic mass is 19.1. The first-order valence-electron chi connectivity index (χ1n) is 4.51. The third-order valence-corrected chi connectivity index (χ3v) is 2.08. The minimum atomic E-state index is -0.995. The maximum atomic E-state index is 13.2. The molecular formula is C10H13FN2O3. The lowest BCUT2D eigenvalue weighted by molar-refractivity contribution is -0.135. The highest BCUT2D eigenvalue weighted by molar-refractivity contribution is 5.77. The number of nitrogen functional groups attached to an aromatic ring is 1. The Hall–Kier alpha value is -1.98. The van der Waals surface area contributed by atoms with Crippen LogP contribution in [0.5, 0.6) is 5.75 Å². The Morgan fingerprint density at radius 2 is 2.25 bits per heavy atom. The van der Waals surface area contributed by atoms with Crippen LogP contribution in [-0.2, 0) is 4.79 Å². The van der Waals surface area contributed by atoms with Gasteiger partial charge in [0.2, 0.25) is 0 Å². The van der Waals surface area contributed by atoms with E-state index in [-0.39, 0.29) is 18.0 Å². The van der Waals surface area contributed by atoms with Crippen molar-refractivity contribution in [3.8, 4) is 5.75 Å². The van der Waals surface area contributed by atoms with Gasteiger partial charge >= 0.3 is 5.97 Å². The average Bonchev–Trinajstić information content (AvgIpc) is 2.16. The van der Waals surface area contributed by atoms with Crippen molar-refractivity contribution in [2.24, 2.45) is 0 Å². The number of carbonyl (C=O) groups is 1. The van der Waals surface area contributed by atoms with Gasteiger partial charge < -0.3 is 20.5 Å². The SMILES string of the molecule is COc1cc(N(C)CC(=O)O)c(N)cc1F. The maximum absolute atomic E-state index is 13.2. The molecule has 0 spiro atoms.